The second kappa shape index (κ2) is 6.24. The number of rotatable bonds is 6. The third-order valence-electron chi connectivity index (χ3n) is 3.56. The van der Waals surface area contributed by atoms with E-state index in [0.29, 0.717) is 17.3 Å². The SMILES string of the molecule is CC(C)C(C)(C)CNC(=O)Cc1ccc(S(N)(=O)=O)s1. The molecule has 0 saturated carbocycles. The Bertz CT molecular complexity index is 574. The molecule has 0 aromatic carbocycles. The highest BCUT2D eigenvalue weighted by molar-refractivity contribution is 7.91. The van der Waals surface area contributed by atoms with E-state index in [9.17, 15) is 13.2 Å². The predicted octanol–water partition coefficient (Wildman–Crippen LogP) is 1.74. The van der Waals surface area contributed by atoms with Crippen LogP contribution in [0.25, 0.3) is 0 Å². The minimum absolute atomic E-state index is 0.0247. The molecule has 0 saturated heterocycles. The zero-order valence-electron chi connectivity index (χ0n) is 12.3. The first-order chi connectivity index (χ1) is 9.02. The van der Waals surface area contributed by atoms with E-state index in [4.69, 9.17) is 5.14 Å². The van der Waals surface area contributed by atoms with Gasteiger partial charge >= 0.3 is 0 Å². The summed E-state index contributed by atoms with van der Waals surface area (Å²) in [5.74, 6) is 0.347. The molecule has 5 nitrogen and oxygen atoms in total. The highest BCUT2D eigenvalue weighted by Crippen LogP contribution is 2.25. The van der Waals surface area contributed by atoms with Gasteiger partial charge in [-0.25, -0.2) is 13.6 Å². The van der Waals surface area contributed by atoms with Crippen molar-refractivity contribution < 1.29 is 13.2 Å². The van der Waals surface area contributed by atoms with E-state index >= 15 is 0 Å². The number of sulfonamides is 1. The second-order valence-corrected chi connectivity index (χ2v) is 8.82. The molecular formula is C13H22N2O3S2. The summed E-state index contributed by atoms with van der Waals surface area (Å²) in [5.41, 5.74) is 0.0247. The summed E-state index contributed by atoms with van der Waals surface area (Å²) < 4.78 is 22.4. The van der Waals surface area contributed by atoms with Crippen molar-refractivity contribution in [3.8, 4) is 0 Å². The van der Waals surface area contributed by atoms with Crippen molar-refractivity contribution >= 4 is 27.3 Å². The first-order valence-corrected chi connectivity index (χ1v) is 8.77. The fraction of sp³-hybridized carbons (Fsp3) is 0.615. The lowest BCUT2D eigenvalue weighted by Crippen LogP contribution is -2.37. The predicted molar refractivity (Wildman–Crippen MR) is 81.0 cm³/mol. The molecule has 0 bridgehead atoms. The highest BCUT2D eigenvalue weighted by Gasteiger charge is 2.23. The maximum absolute atomic E-state index is 11.9. The average molecular weight is 318 g/mol. The molecule has 1 rings (SSSR count). The van der Waals surface area contributed by atoms with Gasteiger partial charge in [-0.2, -0.15) is 0 Å². The molecule has 0 atom stereocenters. The van der Waals surface area contributed by atoms with Crippen molar-refractivity contribution in [3.05, 3.63) is 17.0 Å². The molecule has 1 aromatic rings. The van der Waals surface area contributed by atoms with Crippen LogP contribution in [0.5, 0.6) is 0 Å². The van der Waals surface area contributed by atoms with Gasteiger partial charge in [0.25, 0.3) is 0 Å². The van der Waals surface area contributed by atoms with Crippen LogP contribution in [-0.2, 0) is 21.2 Å². The van der Waals surface area contributed by atoms with E-state index in [-0.39, 0.29) is 22.0 Å². The Balaban J connectivity index is 2.58. The quantitative estimate of drug-likeness (QED) is 0.837. The van der Waals surface area contributed by atoms with E-state index in [2.05, 4.69) is 33.0 Å². The monoisotopic (exact) mass is 318 g/mol. The number of primary sulfonamides is 1. The second-order valence-electron chi connectivity index (χ2n) is 5.86. The number of nitrogens with two attached hydrogens (primary N) is 1. The fourth-order valence-corrected chi connectivity index (χ4v) is 3.13. The summed E-state index contributed by atoms with van der Waals surface area (Å²) in [6.07, 6.45) is 0.175. The van der Waals surface area contributed by atoms with Gasteiger partial charge in [-0.05, 0) is 23.5 Å². The largest absolute Gasteiger partial charge is 0.355 e. The first kappa shape index (κ1) is 17.1. The number of hydrogen-bond donors (Lipinski definition) is 2. The molecule has 0 spiro atoms. The van der Waals surface area contributed by atoms with Gasteiger partial charge in [-0.1, -0.05) is 27.7 Å². The third kappa shape index (κ3) is 4.88. The van der Waals surface area contributed by atoms with Crippen LogP contribution in [0, 0.1) is 11.3 Å². The summed E-state index contributed by atoms with van der Waals surface area (Å²) in [4.78, 5) is 12.5. The zero-order valence-corrected chi connectivity index (χ0v) is 13.9. The molecule has 0 unspecified atom stereocenters. The maximum atomic E-state index is 11.9. The van der Waals surface area contributed by atoms with Crippen molar-refractivity contribution in [1.82, 2.24) is 5.32 Å². The lowest BCUT2D eigenvalue weighted by atomic mass is 9.81. The lowest BCUT2D eigenvalue weighted by molar-refractivity contribution is -0.120. The number of hydrogen-bond acceptors (Lipinski definition) is 4. The molecule has 0 radical (unpaired) electrons. The normalized spacial score (nSPS) is 12.7. The Morgan fingerprint density at radius 3 is 2.45 bits per heavy atom. The smallest absolute Gasteiger partial charge is 0.247 e. The first-order valence-electron chi connectivity index (χ1n) is 6.40. The zero-order chi connectivity index (χ0) is 15.6. The van der Waals surface area contributed by atoms with Crippen molar-refractivity contribution in [2.24, 2.45) is 16.5 Å². The van der Waals surface area contributed by atoms with Gasteiger partial charge in [0.05, 0.1) is 6.42 Å². The van der Waals surface area contributed by atoms with Crippen molar-refractivity contribution in [2.75, 3.05) is 6.54 Å². The summed E-state index contributed by atoms with van der Waals surface area (Å²) in [7, 11) is -3.68. The number of nitrogens with one attached hydrogen (secondary N) is 1. The Kier molecular flexibility index (Phi) is 5.34. The van der Waals surface area contributed by atoms with Crippen LogP contribution in [0.15, 0.2) is 16.3 Å². The fourth-order valence-electron chi connectivity index (χ4n) is 1.36. The standard InChI is InChI=1S/C13H22N2O3S2/c1-9(2)13(3,4)8-15-11(16)7-10-5-6-12(19-10)20(14,17)18/h5-6,9H,7-8H2,1-4H3,(H,15,16)(H2,14,17,18). The summed E-state index contributed by atoms with van der Waals surface area (Å²) in [6.45, 7) is 9.02. The number of amides is 1. The third-order valence-corrected chi connectivity index (χ3v) is 6.08. The minimum Gasteiger partial charge on any atom is -0.355 e. The number of thiophene rings is 1. The minimum atomic E-state index is -3.68. The molecule has 114 valence electrons. The Morgan fingerprint density at radius 1 is 1.40 bits per heavy atom. The van der Waals surface area contributed by atoms with E-state index in [1.54, 1.807) is 6.07 Å². The molecule has 1 amide bonds. The van der Waals surface area contributed by atoms with Gasteiger partial charge in [0.1, 0.15) is 4.21 Å². The van der Waals surface area contributed by atoms with Crippen LogP contribution in [0.2, 0.25) is 0 Å². The summed E-state index contributed by atoms with van der Waals surface area (Å²) in [6, 6.07) is 3.05. The Labute approximate surface area is 124 Å². The number of carbonyl (C=O) groups is 1. The molecule has 1 aromatic heterocycles. The van der Waals surface area contributed by atoms with Gasteiger partial charge < -0.3 is 5.32 Å². The molecule has 0 fully saturated rings. The van der Waals surface area contributed by atoms with Crippen molar-refractivity contribution in [2.45, 2.75) is 38.3 Å². The van der Waals surface area contributed by atoms with Crippen LogP contribution >= 0.6 is 11.3 Å². The van der Waals surface area contributed by atoms with E-state index in [1.807, 2.05) is 0 Å². The molecular weight excluding hydrogens is 296 g/mol. The lowest BCUT2D eigenvalue weighted by Gasteiger charge is -2.29. The van der Waals surface area contributed by atoms with Crippen LogP contribution in [0.3, 0.4) is 0 Å². The van der Waals surface area contributed by atoms with Gasteiger partial charge in [0.15, 0.2) is 0 Å². The van der Waals surface area contributed by atoms with Crippen LogP contribution < -0.4 is 10.5 Å². The molecule has 3 N–H and O–H groups in total. The molecule has 1 heterocycles. The van der Waals surface area contributed by atoms with E-state index in [1.165, 1.54) is 6.07 Å². The Morgan fingerprint density at radius 2 is 2.00 bits per heavy atom. The Hall–Kier alpha value is -0.920. The highest BCUT2D eigenvalue weighted by atomic mass is 32.2. The molecule has 7 heteroatoms. The van der Waals surface area contributed by atoms with Crippen LogP contribution in [-0.4, -0.2) is 20.9 Å². The number of carbonyl (C=O) groups excluding carboxylic acids is 1. The van der Waals surface area contributed by atoms with Gasteiger partial charge in [0, 0.05) is 11.4 Å². The topological polar surface area (TPSA) is 89.3 Å². The molecule has 0 aliphatic heterocycles. The van der Waals surface area contributed by atoms with Gasteiger partial charge in [-0.15, -0.1) is 11.3 Å². The van der Waals surface area contributed by atoms with E-state index < -0.39 is 10.0 Å². The van der Waals surface area contributed by atoms with E-state index in [0.717, 1.165) is 11.3 Å². The summed E-state index contributed by atoms with van der Waals surface area (Å²) >= 11 is 1.03. The molecule has 0 aliphatic carbocycles. The van der Waals surface area contributed by atoms with Crippen molar-refractivity contribution in [1.29, 1.82) is 0 Å². The van der Waals surface area contributed by atoms with Crippen LogP contribution in [0.1, 0.15) is 32.6 Å². The molecule has 0 aliphatic rings. The van der Waals surface area contributed by atoms with Crippen LogP contribution in [0.4, 0.5) is 0 Å². The van der Waals surface area contributed by atoms with Crippen molar-refractivity contribution in [3.63, 3.8) is 0 Å². The summed E-state index contributed by atoms with van der Waals surface area (Å²) in [5, 5.41) is 7.92. The van der Waals surface area contributed by atoms with Gasteiger partial charge in [-0.3, -0.25) is 4.79 Å². The molecule has 20 heavy (non-hydrogen) atoms. The average Bonchev–Trinajstić information content (AvgIpc) is 2.74. The van der Waals surface area contributed by atoms with Gasteiger partial charge in [0.2, 0.25) is 15.9 Å². The maximum Gasteiger partial charge on any atom is 0.247 e.